The number of sulfonamides is 1. The molecule has 1 heterocycles. The highest BCUT2D eigenvalue weighted by molar-refractivity contribution is 9.10. The fourth-order valence-corrected chi connectivity index (χ4v) is 5.10. The van der Waals surface area contributed by atoms with Crippen molar-refractivity contribution in [2.45, 2.75) is 17.9 Å². The van der Waals surface area contributed by atoms with E-state index in [1.807, 2.05) is 4.72 Å². The third-order valence-corrected chi connectivity index (χ3v) is 7.36. The van der Waals surface area contributed by atoms with E-state index in [1.165, 1.54) is 29.2 Å². The highest BCUT2D eigenvalue weighted by Crippen LogP contribution is 2.42. The third kappa shape index (κ3) is 4.75. The first-order chi connectivity index (χ1) is 16.6. The molecule has 0 saturated carbocycles. The zero-order valence-corrected chi connectivity index (χ0v) is 20.7. The van der Waals surface area contributed by atoms with E-state index < -0.39 is 33.7 Å². The number of ketones is 1. The number of carbonyl (C=O) groups is 3. The maximum Gasteiger partial charge on any atom is 0.300 e. The number of hydrogen-bond donors (Lipinski definition) is 2. The van der Waals surface area contributed by atoms with Gasteiger partial charge in [0.25, 0.3) is 21.7 Å². The maximum atomic E-state index is 13.2. The van der Waals surface area contributed by atoms with Crippen LogP contribution in [-0.2, 0) is 24.4 Å². The number of nitrogens with zero attached hydrogens (tertiary/aromatic N) is 1. The van der Waals surface area contributed by atoms with Gasteiger partial charge in [0.15, 0.2) is 0 Å². The van der Waals surface area contributed by atoms with Crippen LogP contribution in [0.4, 0.5) is 5.69 Å². The standard InChI is InChI=1S/C25H19BrN2O6S/c1-15(29)27-35(33,34)20-13-11-19(12-14-20)28-22(16-5-3-2-4-6-16)21(24(31)25(28)32)23(30)17-7-9-18(26)10-8-17/h2-14,22,30H,1H3,(H,27,29)/b23-21+. The van der Waals surface area contributed by atoms with Crippen LogP contribution in [0.15, 0.2) is 93.8 Å². The topological polar surface area (TPSA) is 121 Å². The van der Waals surface area contributed by atoms with Gasteiger partial charge < -0.3 is 5.11 Å². The number of rotatable bonds is 5. The summed E-state index contributed by atoms with van der Waals surface area (Å²) in [6.45, 7) is 1.08. The molecular formula is C25H19BrN2O6S. The van der Waals surface area contributed by atoms with Crippen molar-refractivity contribution in [2.75, 3.05) is 4.90 Å². The summed E-state index contributed by atoms with van der Waals surface area (Å²) in [6.07, 6.45) is 0. The number of carbonyl (C=O) groups excluding carboxylic acids is 3. The van der Waals surface area contributed by atoms with Crippen LogP contribution in [0.5, 0.6) is 0 Å². The van der Waals surface area contributed by atoms with E-state index in [0.29, 0.717) is 11.1 Å². The number of Topliss-reactive ketones (excluding diaryl/α,β-unsaturated/α-hetero) is 1. The van der Waals surface area contributed by atoms with Gasteiger partial charge in [-0.25, -0.2) is 13.1 Å². The SMILES string of the molecule is CC(=O)NS(=O)(=O)c1ccc(N2C(=O)C(=O)/C(=C(/O)c3ccc(Br)cc3)C2c2ccccc2)cc1. The molecule has 2 amide bonds. The molecule has 1 aliphatic rings. The molecule has 10 heteroatoms. The molecule has 1 saturated heterocycles. The first-order valence-electron chi connectivity index (χ1n) is 10.4. The average molecular weight is 555 g/mol. The van der Waals surface area contributed by atoms with Gasteiger partial charge in [0, 0.05) is 22.6 Å². The lowest BCUT2D eigenvalue weighted by Crippen LogP contribution is -2.30. The van der Waals surface area contributed by atoms with Crippen LogP contribution in [0.25, 0.3) is 5.76 Å². The Labute approximate surface area is 210 Å². The predicted molar refractivity (Wildman–Crippen MR) is 133 cm³/mol. The summed E-state index contributed by atoms with van der Waals surface area (Å²) in [5.74, 6) is -2.79. The number of aliphatic hydroxyl groups excluding tert-OH is 1. The Bertz CT molecular complexity index is 1450. The van der Waals surface area contributed by atoms with Crippen molar-refractivity contribution in [1.82, 2.24) is 4.72 Å². The van der Waals surface area contributed by atoms with Crippen LogP contribution < -0.4 is 9.62 Å². The molecule has 0 aromatic heterocycles. The molecule has 1 aliphatic heterocycles. The Morgan fingerprint density at radius 3 is 2.11 bits per heavy atom. The zero-order valence-electron chi connectivity index (χ0n) is 18.3. The number of anilines is 1. The van der Waals surface area contributed by atoms with Crippen molar-refractivity contribution in [1.29, 1.82) is 0 Å². The van der Waals surface area contributed by atoms with Gasteiger partial charge in [-0.3, -0.25) is 19.3 Å². The Morgan fingerprint density at radius 2 is 1.54 bits per heavy atom. The maximum absolute atomic E-state index is 13.2. The second-order valence-corrected chi connectivity index (χ2v) is 10.3. The highest BCUT2D eigenvalue weighted by Gasteiger charge is 2.47. The molecule has 1 fully saturated rings. The molecule has 35 heavy (non-hydrogen) atoms. The smallest absolute Gasteiger partial charge is 0.300 e. The van der Waals surface area contributed by atoms with Crippen molar-refractivity contribution >= 4 is 55.0 Å². The Kier molecular flexibility index (Phi) is 6.60. The minimum atomic E-state index is -4.08. The number of amides is 2. The number of hydrogen-bond acceptors (Lipinski definition) is 6. The summed E-state index contributed by atoms with van der Waals surface area (Å²) < 4.78 is 27.2. The molecule has 1 unspecified atom stereocenters. The molecule has 4 rings (SSSR count). The molecule has 0 bridgehead atoms. The normalized spacial score (nSPS) is 17.4. The molecule has 178 valence electrons. The number of nitrogens with one attached hydrogen (secondary N) is 1. The first-order valence-corrected chi connectivity index (χ1v) is 12.6. The van der Waals surface area contributed by atoms with Gasteiger partial charge in [-0.1, -0.05) is 58.4 Å². The lowest BCUT2D eigenvalue weighted by atomic mass is 9.95. The Hall–Kier alpha value is -3.76. The quantitative estimate of drug-likeness (QED) is 0.280. The minimum absolute atomic E-state index is 0.0848. The van der Waals surface area contributed by atoms with E-state index in [0.717, 1.165) is 11.4 Å². The summed E-state index contributed by atoms with van der Waals surface area (Å²) in [5.41, 5.74) is 1.11. The third-order valence-electron chi connectivity index (χ3n) is 5.38. The molecular weight excluding hydrogens is 536 g/mol. The van der Waals surface area contributed by atoms with Gasteiger partial charge in [-0.05, 0) is 42.0 Å². The molecule has 1 atom stereocenters. The van der Waals surface area contributed by atoms with E-state index in [9.17, 15) is 27.9 Å². The monoisotopic (exact) mass is 554 g/mol. The van der Waals surface area contributed by atoms with Gasteiger partial charge in [-0.15, -0.1) is 0 Å². The summed E-state index contributed by atoms with van der Waals surface area (Å²) in [7, 11) is -4.08. The summed E-state index contributed by atoms with van der Waals surface area (Å²) in [5, 5.41) is 11.1. The van der Waals surface area contributed by atoms with Crippen molar-refractivity contribution in [3.63, 3.8) is 0 Å². The average Bonchev–Trinajstić information content (AvgIpc) is 3.09. The summed E-state index contributed by atoms with van der Waals surface area (Å²) in [6, 6.07) is 19.7. The Balaban J connectivity index is 1.84. The van der Waals surface area contributed by atoms with Crippen molar-refractivity contribution in [2.24, 2.45) is 0 Å². The number of halogens is 1. The van der Waals surface area contributed by atoms with Crippen LogP contribution in [0.3, 0.4) is 0 Å². The van der Waals surface area contributed by atoms with Crippen molar-refractivity contribution in [3.8, 4) is 0 Å². The van der Waals surface area contributed by atoms with E-state index in [1.54, 1.807) is 54.6 Å². The summed E-state index contributed by atoms with van der Waals surface area (Å²) >= 11 is 3.33. The van der Waals surface area contributed by atoms with Crippen LogP contribution in [-0.4, -0.2) is 31.1 Å². The van der Waals surface area contributed by atoms with Crippen molar-refractivity contribution < 1.29 is 27.9 Å². The van der Waals surface area contributed by atoms with Crippen LogP contribution >= 0.6 is 15.9 Å². The molecule has 0 spiro atoms. The van der Waals surface area contributed by atoms with Crippen LogP contribution in [0, 0.1) is 0 Å². The van der Waals surface area contributed by atoms with Gasteiger partial charge in [0.1, 0.15) is 5.76 Å². The van der Waals surface area contributed by atoms with Crippen LogP contribution in [0.2, 0.25) is 0 Å². The van der Waals surface area contributed by atoms with E-state index in [-0.39, 0.29) is 21.9 Å². The molecule has 8 nitrogen and oxygen atoms in total. The van der Waals surface area contributed by atoms with E-state index >= 15 is 0 Å². The van der Waals surface area contributed by atoms with Crippen LogP contribution in [0.1, 0.15) is 24.1 Å². The van der Waals surface area contributed by atoms with Gasteiger partial charge in [0.05, 0.1) is 16.5 Å². The largest absolute Gasteiger partial charge is 0.507 e. The zero-order chi connectivity index (χ0) is 25.3. The minimum Gasteiger partial charge on any atom is -0.507 e. The molecule has 2 N–H and O–H groups in total. The highest BCUT2D eigenvalue weighted by atomic mass is 79.9. The Morgan fingerprint density at radius 1 is 0.943 bits per heavy atom. The number of benzene rings is 3. The van der Waals surface area contributed by atoms with E-state index in [4.69, 9.17) is 0 Å². The lowest BCUT2D eigenvalue weighted by Gasteiger charge is -2.25. The molecule has 0 radical (unpaired) electrons. The lowest BCUT2D eigenvalue weighted by molar-refractivity contribution is -0.132. The van der Waals surface area contributed by atoms with E-state index in [2.05, 4.69) is 15.9 Å². The summed E-state index contributed by atoms with van der Waals surface area (Å²) in [4.78, 5) is 38.6. The van der Waals surface area contributed by atoms with Crippen molar-refractivity contribution in [3.05, 3.63) is 100 Å². The predicted octanol–water partition coefficient (Wildman–Crippen LogP) is 3.90. The second-order valence-electron chi connectivity index (χ2n) is 7.74. The molecule has 3 aromatic rings. The number of aliphatic hydroxyl groups is 1. The second kappa shape index (κ2) is 9.47. The fourth-order valence-electron chi connectivity index (χ4n) is 3.85. The van der Waals surface area contributed by atoms with Gasteiger partial charge in [0.2, 0.25) is 5.91 Å². The van der Waals surface area contributed by atoms with Gasteiger partial charge in [-0.2, -0.15) is 0 Å². The first kappa shape index (κ1) is 24.4. The van der Waals surface area contributed by atoms with Gasteiger partial charge >= 0.3 is 0 Å². The molecule has 0 aliphatic carbocycles. The fraction of sp³-hybridized carbons (Fsp3) is 0.0800. The molecule has 3 aromatic carbocycles.